The third kappa shape index (κ3) is 4.11. The minimum Gasteiger partial charge on any atom is -0.465 e. The first-order valence-electron chi connectivity index (χ1n) is 6.64. The van der Waals surface area contributed by atoms with E-state index in [4.69, 9.17) is 25.8 Å². The Labute approximate surface area is 128 Å². The highest BCUT2D eigenvalue weighted by Gasteiger charge is 2.41. The second-order valence-corrected chi connectivity index (χ2v) is 5.49. The minimum atomic E-state index is -0.934. The molecule has 2 rings (SSSR count). The van der Waals surface area contributed by atoms with E-state index in [1.165, 1.54) is 0 Å². The van der Waals surface area contributed by atoms with E-state index >= 15 is 0 Å². The Morgan fingerprint density at radius 3 is 2.38 bits per heavy atom. The number of hydrogen-bond donors (Lipinski definition) is 0. The molecule has 0 amide bonds. The number of rotatable bonds is 5. The van der Waals surface area contributed by atoms with E-state index in [-0.39, 0.29) is 19.8 Å². The molecule has 0 saturated carbocycles. The topological polar surface area (TPSA) is 61.8 Å². The Hall–Kier alpha value is -1.75. The standard InChI is InChI=1S/C15H17ClO5/c1-15(9-20-14(18)21-10-15)13(17)19-7-6-11-2-4-12(8-16)5-3-11/h2-5H,6-10H2,1H3. The number of halogens is 1. The van der Waals surface area contributed by atoms with Crippen LogP contribution in [0, 0.1) is 5.41 Å². The SMILES string of the molecule is CC1(C(=O)OCCc2ccc(CCl)cc2)COC(=O)OC1. The summed E-state index contributed by atoms with van der Waals surface area (Å²) in [7, 11) is 0. The fourth-order valence-electron chi connectivity index (χ4n) is 1.87. The lowest BCUT2D eigenvalue weighted by Gasteiger charge is -2.29. The van der Waals surface area contributed by atoms with Gasteiger partial charge in [-0.2, -0.15) is 0 Å². The Morgan fingerprint density at radius 2 is 1.81 bits per heavy atom. The van der Waals surface area contributed by atoms with Crippen LogP contribution < -0.4 is 0 Å². The summed E-state index contributed by atoms with van der Waals surface area (Å²) in [6, 6.07) is 7.80. The number of esters is 1. The highest BCUT2D eigenvalue weighted by atomic mass is 35.5. The van der Waals surface area contributed by atoms with Gasteiger partial charge in [0, 0.05) is 12.3 Å². The van der Waals surface area contributed by atoms with E-state index in [1.54, 1.807) is 6.92 Å². The van der Waals surface area contributed by atoms with Crippen molar-refractivity contribution in [3.63, 3.8) is 0 Å². The van der Waals surface area contributed by atoms with Gasteiger partial charge >= 0.3 is 12.1 Å². The van der Waals surface area contributed by atoms with Crippen LogP contribution >= 0.6 is 11.6 Å². The lowest BCUT2D eigenvalue weighted by atomic mass is 9.93. The van der Waals surface area contributed by atoms with E-state index in [9.17, 15) is 9.59 Å². The molecule has 0 unspecified atom stereocenters. The van der Waals surface area contributed by atoms with E-state index in [2.05, 4.69) is 0 Å². The maximum absolute atomic E-state index is 12.0. The van der Waals surface area contributed by atoms with Gasteiger partial charge in [-0.05, 0) is 18.1 Å². The number of benzene rings is 1. The summed E-state index contributed by atoms with van der Waals surface area (Å²) in [5.41, 5.74) is 1.18. The van der Waals surface area contributed by atoms with Crippen LogP contribution in [0.1, 0.15) is 18.1 Å². The van der Waals surface area contributed by atoms with Crippen molar-refractivity contribution < 1.29 is 23.8 Å². The number of cyclic esters (lactones) is 2. The minimum absolute atomic E-state index is 0.0188. The number of carbonyl (C=O) groups excluding carboxylic acids is 2. The molecule has 0 aliphatic carbocycles. The van der Waals surface area contributed by atoms with E-state index in [0.29, 0.717) is 12.3 Å². The zero-order valence-corrected chi connectivity index (χ0v) is 12.5. The molecule has 0 spiro atoms. The van der Waals surface area contributed by atoms with Crippen LogP contribution in [-0.4, -0.2) is 31.9 Å². The van der Waals surface area contributed by atoms with Crippen molar-refractivity contribution in [2.24, 2.45) is 5.41 Å². The fourth-order valence-corrected chi connectivity index (χ4v) is 2.05. The van der Waals surface area contributed by atoms with Crippen molar-refractivity contribution in [2.45, 2.75) is 19.2 Å². The highest BCUT2D eigenvalue weighted by Crippen LogP contribution is 2.24. The molecular formula is C15H17ClO5. The first-order valence-corrected chi connectivity index (χ1v) is 7.17. The number of ether oxygens (including phenoxy) is 3. The van der Waals surface area contributed by atoms with Crippen LogP contribution in [0.25, 0.3) is 0 Å². The first kappa shape index (κ1) is 15.6. The molecule has 0 bridgehead atoms. The van der Waals surface area contributed by atoms with Gasteiger partial charge in [0.15, 0.2) is 0 Å². The van der Waals surface area contributed by atoms with Crippen LogP contribution in [0.2, 0.25) is 0 Å². The molecule has 1 aliphatic heterocycles. The van der Waals surface area contributed by atoms with Gasteiger partial charge in [0.2, 0.25) is 0 Å². The average molecular weight is 313 g/mol. The van der Waals surface area contributed by atoms with Crippen molar-refractivity contribution >= 4 is 23.7 Å². The summed E-state index contributed by atoms with van der Waals surface area (Å²) in [5.74, 6) is 0.0548. The second kappa shape index (κ2) is 6.80. The molecule has 1 aromatic rings. The van der Waals surface area contributed by atoms with Gasteiger partial charge in [-0.15, -0.1) is 11.6 Å². The third-order valence-corrected chi connectivity index (χ3v) is 3.62. The van der Waals surface area contributed by atoms with Crippen molar-refractivity contribution in [2.75, 3.05) is 19.8 Å². The van der Waals surface area contributed by atoms with Crippen molar-refractivity contribution in [1.29, 1.82) is 0 Å². The van der Waals surface area contributed by atoms with Gasteiger partial charge in [-0.1, -0.05) is 24.3 Å². The lowest BCUT2D eigenvalue weighted by Crippen LogP contribution is -2.44. The van der Waals surface area contributed by atoms with Gasteiger partial charge in [0.25, 0.3) is 0 Å². The molecule has 21 heavy (non-hydrogen) atoms. The molecule has 0 atom stereocenters. The molecule has 1 heterocycles. The Bertz CT molecular complexity index is 501. The summed E-state index contributed by atoms with van der Waals surface area (Å²) < 4.78 is 14.7. The maximum Gasteiger partial charge on any atom is 0.508 e. The predicted molar refractivity (Wildman–Crippen MR) is 76.1 cm³/mol. The zero-order valence-electron chi connectivity index (χ0n) is 11.8. The second-order valence-electron chi connectivity index (χ2n) is 5.22. The number of carbonyl (C=O) groups is 2. The monoisotopic (exact) mass is 312 g/mol. The largest absolute Gasteiger partial charge is 0.508 e. The van der Waals surface area contributed by atoms with Crippen LogP contribution in [-0.2, 0) is 31.3 Å². The number of hydrogen-bond acceptors (Lipinski definition) is 5. The summed E-state index contributed by atoms with van der Waals surface area (Å²) in [6.07, 6.45) is -0.134. The molecule has 1 aromatic carbocycles. The van der Waals surface area contributed by atoms with Crippen molar-refractivity contribution in [3.05, 3.63) is 35.4 Å². The normalized spacial score (nSPS) is 16.8. The Morgan fingerprint density at radius 1 is 1.24 bits per heavy atom. The summed E-state index contributed by atoms with van der Waals surface area (Å²) in [6.45, 7) is 1.88. The molecule has 5 nitrogen and oxygen atoms in total. The lowest BCUT2D eigenvalue weighted by molar-refractivity contribution is -0.165. The smallest absolute Gasteiger partial charge is 0.465 e. The van der Waals surface area contributed by atoms with E-state index < -0.39 is 17.5 Å². The fraction of sp³-hybridized carbons (Fsp3) is 0.467. The van der Waals surface area contributed by atoms with Gasteiger partial charge in [-0.3, -0.25) is 4.79 Å². The molecule has 1 saturated heterocycles. The van der Waals surface area contributed by atoms with Crippen LogP contribution in [0.4, 0.5) is 4.79 Å². The van der Waals surface area contributed by atoms with Gasteiger partial charge in [0.1, 0.15) is 18.6 Å². The highest BCUT2D eigenvalue weighted by molar-refractivity contribution is 6.17. The van der Waals surface area contributed by atoms with Gasteiger partial charge < -0.3 is 14.2 Å². The molecular weight excluding hydrogens is 296 g/mol. The summed E-state index contributed by atoms with van der Waals surface area (Å²) in [5, 5.41) is 0. The quantitative estimate of drug-likeness (QED) is 0.618. The molecule has 6 heteroatoms. The van der Waals surface area contributed by atoms with Crippen molar-refractivity contribution in [3.8, 4) is 0 Å². The van der Waals surface area contributed by atoms with E-state index in [1.807, 2.05) is 24.3 Å². The molecule has 1 fully saturated rings. The van der Waals surface area contributed by atoms with E-state index in [0.717, 1.165) is 11.1 Å². The Kier molecular flexibility index (Phi) is 5.07. The third-order valence-electron chi connectivity index (χ3n) is 3.31. The summed E-state index contributed by atoms with van der Waals surface area (Å²) in [4.78, 5) is 22.8. The summed E-state index contributed by atoms with van der Waals surface area (Å²) >= 11 is 5.72. The Balaban J connectivity index is 1.79. The average Bonchev–Trinajstić information content (AvgIpc) is 2.51. The van der Waals surface area contributed by atoms with Crippen LogP contribution in [0.3, 0.4) is 0 Å². The predicted octanol–water partition coefficient (Wildman–Crippen LogP) is 2.68. The van der Waals surface area contributed by atoms with Crippen molar-refractivity contribution in [1.82, 2.24) is 0 Å². The molecule has 0 radical (unpaired) electrons. The van der Waals surface area contributed by atoms with Gasteiger partial charge in [0.05, 0.1) is 6.61 Å². The number of alkyl halides is 1. The van der Waals surface area contributed by atoms with Crippen LogP contribution in [0.5, 0.6) is 0 Å². The van der Waals surface area contributed by atoms with Crippen LogP contribution in [0.15, 0.2) is 24.3 Å². The zero-order chi connectivity index (χ0) is 15.3. The molecule has 0 N–H and O–H groups in total. The molecule has 0 aromatic heterocycles. The maximum atomic E-state index is 12.0. The first-order chi connectivity index (χ1) is 10.0. The molecule has 1 aliphatic rings. The molecule has 114 valence electrons. The van der Waals surface area contributed by atoms with Gasteiger partial charge in [-0.25, -0.2) is 4.79 Å².